The Morgan fingerprint density at radius 3 is 2.31 bits per heavy atom. The van der Waals surface area contributed by atoms with Crippen molar-refractivity contribution in [2.75, 3.05) is 0 Å². The highest BCUT2D eigenvalue weighted by molar-refractivity contribution is 5.94. The lowest BCUT2D eigenvalue weighted by Crippen LogP contribution is -2.12. The van der Waals surface area contributed by atoms with Crippen molar-refractivity contribution in [3.05, 3.63) is 11.8 Å². The van der Waals surface area contributed by atoms with Gasteiger partial charge in [-0.3, -0.25) is 4.79 Å². The molecule has 0 saturated carbocycles. The second-order valence-corrected chi connectivity index (χ2v) is 4.58. The summed E-state index contributed by atoms with van der Waals surface area (Å²) in [5.41, 5.74) is 6.19. The molecule has 0 rings (SSSR count). The third-order valence-corrected chi connectivity index (χ3v) is 1.96. The molecule has 0 aliphatic carbocycles. The van der Waals surface area contributed by atoms with Gasteiger partial charge in [0.2, 0.25) is 0 Å². The molecule has 0 saturated heterocycles. The first-order chi connectivity index (χ1) is 5.87. The van der Waals surface area contributed by atoms with Crippen LogP contribution in [0.3, 0.4) is 0 Å². The van der Waals surface area contributed by atoms with Crippen LogP contribution in [0.5, 0.6) is 0 Å². The molecule has 0 aliphatic rings. The number of hydrogen-bond acceptors (Lipinski definition) is 2. The minimum Gasteiger partial charge on any atom is -0.396 e. The molecule has 0 unspecified atom stereocenters. The molecule has 13 heavy (non-hydrogen) atoms. The first-order valence-corrected chi connectivity index (χ1v) is 4.82. The molecule has 2 heteroatoms. The zero-order valence-electron chi connectivity index (χ0n) is 9.18. The molecule has 0 aromatic rings. The molecule has 0 radical (unpaired) electrons. The average molecular weight is 183 g/mol. The Morgan fingerprint density at radius 2 is 1.92 bits per heavy atom. The van der Waals surface area contributed by atoms with Crippen LogP contribution in [0.4, 0.5) is 0 Å². The van der Waals surface area contributed by atoms with Crippen molar-refractivity contribution in [1.82, 2.24) is 0 Å². The van der Waals surface area contributed by atoms with Gasteiger partial charge in [0.15, 0.2) is 5.78 Å². The molecule has 0 aromatic heterocycles. The number of Topliss-reactive ketones (excluding diaryl/α,β-unsaturated/α-hetero) is 1. The van der Waals surface area contributed by atoms with E-state index in [1.807, 2.05) is 0 Å². The summed E-state index contributed by atoms with van der Waals surface area (Å²) in [6.45, 7) is 8.32. The van der Waals surface area contributed by atoms with Gasteiger partial charge in [-0.15, -0.1) is 0 Å². The maximum absolute atomic E-state index is 11.3. The minimum atomic E-state index is 0.0757. The summed E-state index contributed by atoms with van der Waals surface area (Å²) in [6.07, 6.45) is 4.24. The Hall–Kier alpha value is -0.790. The predicted octanol–water partition coefficient (Wildman–Crippen LogP) is 2.63. The highest BCUT2D eigenvalue weighted by Gasteiger charge is 2.11. The predicted molar refractivity (Wildman–Crippen MR) is 56.3 cm³/mol. The Kier molecular flexibility index (Phi) is 4.74. The number of rotatable bonds is 4. The fourth-order valence-corrected chi connectivity index (χ4v) is 1.08. The first-order valence-electron chi connectivity index (χ1n) is 4.82. The van der Waals surface area contributed by atoms with E-state index >= 15 is 0 Å². The quantitative estimate of drug-likeness (QED) is 0.681. The van der Waals surface area contributed by atoms with Crippen molar-refractivity contribution < 1.29 is 4.79 Å². The van der Waals surface area contributed by atoms with Crippen molar-refractivity contribution >= 4 is 5.78 Å². The zero-order valence-corrected chi connectivity index (χ0v) is 9.18. The van der Waals surface area contributed by atoms with Gasteiger partial charge in [-0.1, -0.05) is 26.8 Å². The molecule has 0 aromatic carbocycles. The third-order valence-electron chi connectivity index (χ3n) is 1.96. The van der Waals surface area contributed by atoms with Crippen LogP contribution in [-0.4, -0.2) is 5.78 Å². The van der Waals surface area contributed by atoms with Gasteiger partial charge in [0.1, 0.15) is 0 Å². The molecular formula is C11H21NO. The number of hydrogen-bond donors (Lipinski definition) is 1. The van der Waals surface area contributed by atoms with Crippen LogP contribution in [0.25, 0.3) is 0 Å². The van der Waals surface area contributed by atoms with Crippen molar-refractivity contribution in [2.24, 2.45) is 11.1 Å². The van der Waals surface area contributed by atoms with E-state index < -0.39 is 0 Å². The Morgan fingerprint density at radius 1 is 1.38 bits per heavy atom. The van der Waals surface area contributed by atoms with Gasteiger partial charge in [0.25, 0.3) is 0 Å². The molecule has 0 heterocycles. The van der Waals surface area contributed by atoms with E-state index in [4.69, 9.17) is 5.73 Å². The van der Waals surface area contributed by atoms with Crippen LogP contribution in [0.1, 0.15) is 47.0 Å². The molecule has 0 amide bonds. The van der Waals surface area contributed by atoms with Gasteiger partial charge in [-0.25, -0.2) is 0 Å². The summed E-state index contributed by atoms with van der Waals surface area (Å²) >= 11 is 0. The van der Waals surface area contributed by atoms with E-state index in [1.165, 1.54) is 0 Å². The number of nitrogens with two attached hydrogens (primary N) is 1. The number of carbonyl (C=O) groups is 1. The van der Waals surface area contributed by atoms with Crippen LogP contribution < -0.4 is 5.73 Å². The lowest BCUT2D eigenvalue weighted by Gasteiger charge is -2.17. The number of carbonyl (C=O) groups excluding carboxylic acids is 1. The van der Waals surface area contributed by atoms with Crippen LogP contribution in [0.15, 0.2) is 11.8 Å². The van der Waals surface area contributed by atoms with E-state index in [0.717, 1.165) is 12.8 Å². The van der Waals surface area contributed by atoms with Gasteiger partial charge in [0.05, 0.1) is 5.70 Å². The molecule has 76 valence electrons. The SMILES string of the molecule is C/C=C(\N)C(=O)CCCC(C)(C)C. The highest BCUT2D eigenvalue weighted by atomic mass is 16.1. The van der Waals surface area contributed by atoms with Crippen molar-refractivity contribution in [3.8, 4) is 0 Å². The van der Waals surface area contributed by atoms with Crippen molar-refractivity contribution in [2.45, 2.75) is 47.0 Å². The van der Waals surface area contributed by atoms with Crippen molar-refractivity contribution in [1.29, 1.82) is 0 Å². The standard InChI is InChI=1S/C11H21NO/c1-5-9(12)10(13)7-6-8-11(2,3)4/h5H,6-8,12H2,1-4H3/b9-5-. The second kappa shape index (κ2) is 5.05. The molecule has 0 spiro atoms. The smallest absolute Gasteiger partial charge is 0.178 e. The zero-order chi connectivity index (χ0) is 10.5. The lowest BCUT2D eigenvalue weighted by molar-refractivity contribution is -0.115. The summed E-state index contributed by atoms with van der Waals surface area (Å²) in [7, 11) is 0. The van der Waals surface area contributed by atoms with E-state index in [0.29, 0.717) is 17.5 Å². The molecule has 2 N–H and O–H groups in total. The van der Waals surface area contributed by atoms with Crippen molar-refractivity contribution in [3.63, 3.8) is 0 Å². The first kappa shape index (κ1) is 12.2. The highest BCUT2D eigenvalue weighted by Crippen LogP contribution is 2.21. The topological polar surface area (TPSA) is 43.1 Å². The normalized spacial score (nSPS) is 13.1. The van der Waals surface area contributed by atoms with E-state index in [2.05, 4.69) is 20.8 Å². The molecule has 2 nitrogen and oxygen atoms in total. The Balaban J connectivity index is 3.73. The second-order valence-electron chi connectivity index (χ2n) is 4.58. The maximum Gasteiger partial charge on any atom is 0.178 e. The number of ketones is 1. The van der Waals surface area contributed by atoms with Crippen LogP contribution in [0.2, 0.25) is 0 Å². The average Bonchev–Trinajstić information content (AvgIpc) is 2.00. The van der Waals surface area contributed by atoms with Crippen LogP contribution in [-0.2, 0) is 4.79 Å². The Labute approximate surface area is 81.2 Å². The third kappa shape index (κ3) is 6.38. The van der Waals surface area contributed by atoms with Gasteiger partial charge < -0.3 is 5.73 Å². The van der Waals surface area contributed by atoms with Gasteiger partial charge in [-0.2, -0.15) is 0 Å². The van der Waals surface area contributed by atoms with Gasteiger partial charge in [-0.05, 0) is 25.2 Å². The summed E-state index contributed by atoms with van der Waals surface area (Å²) in [5.74, 6) is 0.0757. The fourth-order valence-electron chi connectivity index (χ4n) is 1.08. The number of allylic oxidation sites excluding steroid dienone is 2. The van der Waals surface area contributed by atoms with E-state index in [1.54, 1.807) is 13.0 Å². The van der Waals surface area contributed by atoms with Gasteiger partial charge in [0, 0.05) is 6.42 Å². The van der Waals surface area contributed by atoms with E-state index in [-0.39, 0.29) is 5.78 Å². The van der Waals surface area contributed by atoms with Crippen LogP contribution >= 0.6 is 0 Å². The molecule has 0 atom stereocenters. The van der Waals surface area contributed by atoms with Gasteiger partial charge >= 0.3 is 0 Å². The minimum absolute atomic E-state index is 0.0757. The summed E-state index contributed by atoms with van der Waals surface area (Å²) in [5, 5.41) is 0. The molecule has 0 aliphatic heterocycles. The fraction of sp³-hybridized carbons (Fsp3) is 0.727. The van der Waals surface area contributed by atoms with Crippen LogP contribution in [0, 0.1) is 5.41 Å². The maximum atomic E-state index is 11.3. The Bertz CT molecular complexity index is 199. The molecule has 0 bridgehead atoms. The molecular weight excluding hydrogens is 162 g/mol. The molecule has 0 fully saturated rings. The largest absolute Gasteiger partial charge is 0.396 e. The monoisotopic (exact) mass is 183 g/mol. The van der Waals surface area contributed by atoms with E-state index in [9.17, 15) is 4.79 Å². The summed E-state index contributed by atoms with van der Waals surface area (Å²) in [4.78, 5) is 11.3. The summed E-state index contributed by atoms with van der Waals surface area (Å²) < 4.78 is 0. The lowest BCUT2D eigenvalue weighted by atomic mass is 9.89. The summed E-state index contributed by atoms with van der Waals surface area (Å²) in [6, 6.07) is 0.